The average molecular weight is 219 g/mol. The average Bonchev–Trinajstić information content (AvgIpc) is 2.31. The number of piperidine rings is 1. The Morgan fingerprint density at radius 2 is 2.25 bits per heavy atom. The van der Waals surface area contributed by atoms with Crippen molar-refractivity contribution in [3.8, 4) is 5.75 Å². The Hall–Kier alpha value is -1.71. The minimum absolute atomic E-state index is 0.173. The van der Waals surface area contributed by atoms with E-state index in [9.17, 15) is 4.79 Å². The molecule has 4 nitrogen and oxygen atoms in total. The molecule has 0 atom stereocenters. The van der Waals surface area contributed by atoms with Crippen LogP contribution in [0.1, 0.15) is 12.8 Å². The standard InChI is InChI=1S/C12H15N2O2/c13-12(15)14-8-6-11(7-9-14)16-10-4-2-1-3-5-10/h1-2,4-5,11H,6-9H2,(H2,13,15). The fourth-order valence-corrected chi connectivity index (χ4v) is 1.84. The van der Waals surface area contributed by atoms with Gasteiger partial charge in [-0.15, -0.1) is 0 Å². The SMILES string of the molecule is NC(=O)N1CCC(Oc2c[c]ccc2)CC1. The molecule has 0 aromatic heterocycles. The molecule has 1 aliphatic rings. The number of hydrogen-bond acceptors (Lipinski definition) is 2. The van der Waals surface area contributed by atoms with E-state index in [-0.39, 0.29) is 12.1 Å². The van der Waals surface area contributed by atoms with Crippen LogP contribution >= 0.6 is 0 Å². The predicted octanol–water partition coefficient (Wildman–Crippen LogP) is 1.41. The third-order valence-electron chi connectivity index (χ3n) is 2.73. The quantitative estimate of drug-likeness (QED) is 0.817. The van der Waals surface area contributed by atoms with Gasteiger partial charge in [0.1, 0.15) is 11.9 Å². The molecule has 1 radical (unpaired) electrons. The Balaban J connectivity index is 1.84. The van der Waals surface area contributed by atoms with Crippen molar-refractivity contribution < 1.29 is 9.53 Å². The number of benzene rings is 1. The normalized spacial score (nSPS) is 17.1. The van der Waals surface area contributed by atoms with Crippen LogP contribution < -0.4 is 10.5 Å². The van der Waals surface area contributed by atoms with Gasteiger partial charge >= 0.3 is 6.03 Å². The second kappa shape index (κ2) is 4.88. The smallest absolute Gasteiger partial charge is 0.314 e. The Labute approximate surface area is 95.0 Å². The maximum atomic E-state index is 10.9. The zero-order chi connectivity index (χ0) is 11.4. The molecule has 0 spiro atoms. The predicted molar refractivity (Wildman–Crippen MR) is 60.1 cm³/mol. The first-order valence-electron chi connectivity index (χ1n) is 5.43. The van der Waals surface area contributed by atoms with Crippen LogP contribution in [0.4, 0.5) is 4.79 Å². The van der Waals surface area contributed by atoms with Crippen molar-refractivity contribution in [2.75, 3.05) is 13.1 Å². The number of rotatable bonds is 2. The molecule has 1 aromatic carbocycles. The van der Waals surface area contributed by atoms with E-state index in [0.717, 1.165) is 18.6 Å². The highest BCUT2D eigenvalue weighted by molar-refractivity contribution is 5.72. The number of likely N-dealkylation sites (tertiary alicyclic amines) is 1. The summed E-state index contributed by atoms with van der Waals surface area (Å²) in [6.07, 6.45) is 1.83. The van der Waals surface area contributed by atoms with Crippen LogP contribution in [0.3, 0.4) is 0 Å². The molecule has 2 N–H and O–H groups in total. The summed E-state index contributed by atoms with van der Waals surface area (Å²) in [6.45, 7) is 1.35. The van der Waals surface area contributed by atoms with E-state index in [2.05, 4.69) is 6.07 Å². The number of primary amides is 1. The molecule has 1 heterocycles. The van der Waals surface area contributed by atoms with Gasteiger partial charge in [-0.1, -0.05) is 12.1 Å². The van der Waals surface area contributed by atoms with Crippen molar-refractivity contribution in [2.24, 2.45) is 5.73 Å². The van der Waals surface area contributed by atoms with E-state index in [1.807, 2.05) is 24.3 Å². The number of urea groups is 1. The zero-order valence-corrected chi connectivity index (χ0v) is 9.06. The highest BCUT2D eigenvalue weighted by atomic mass is 16.5. The summed E-state index contributed by atoms with van der Waals surface area (Å²) in [5.74, 6) is 0.833. The van der Waals surface area contributed by atoms with Gasteiger partial charge in [-0.2, -0.15) is 0 Å². The maximum absolute atomic E-state index is 10.9. The summed E-state index contributed by atoms with van der Waals surface area (Å²) >= 11 is 0. The van der Waals surface area contributed by atoms with Crippen LogP contribution in [0.2, 0.25) is 0 Å². The Morgan fingerprint density at radius 1 is 1.50 bits per heavy atom. The van der Waals surface area contributed by atoms with Crippen LogP contribution in [-0.2, 0) is 0 Å². The highest BCUT2D eigenvalue weighted by Gasteiger charge is 2.22. The first kappa shape index (κ1) is 10.8. The maximum Gasteiger partial charge on any atom is 0.314 e. The number of carbonyl (C=O) groups excluding carboxylic acids is 1. The van der Waals surface area contributed by atoms with Gasteiger partial charge in [0.15, 0.2) is 0 Å². The van der Waals surface area contributed by atoms with Gasteiger partial charge in [0.2, 0.25) is 0 Å². The van der Waals surface area contributed by atoms with E-state index in [1.165, 1.54) is 0 Å². The summed E-state index contributed by atoms with van der Waals surface area (Å²) in [5.41, 5.74) is 5.21. The lowest BCUT2D eigenvalue weighted by molar-refractivity contribution is 0.114. The number of ether oxygens (including phenoxy) is 1. The summed E-state index contributed by atoms with van der Waals surface area (Å²) in [7, 11) is 0. The molecule has 1 saturated heterocycles. The van der Waals surface area contributed by atoms with Gasteiger partial charge in [-0.05, 0) is 18.2 Å². The van der Waals surface area contributed by atoms with Crippen molar-refractivity contribution in [3.63, 3.8) is 0 Å². The highest BCUT2D eigenvalue weighted by Crippen LogP contribution is 2.18. The number of nitrogens with zero attached hydrogens (tertiary/aromatic N) is 1. The van der Waals surface area contributed by atoms with Crippen molar-refractivity contribution in [1.29, 1.82) is 0 Å². The van der Waals surface area contributed by atoms with Gasteiger partial charge in [0, 0.05) is 25.9 Å². The van der Waals surface area contributed by atoms with Gasteiger partial charge < -0.3 is 15.4 Å². The van der Waals surface area contributed by atoms with Crippen LogP contribution in [0.15, 0.2) is 24.3 Å². The number of carbonyl (C=O) groups is 1. The van der Waals surface area contributed by atoms with E-state index in [4.69, 9.17) is 10.5 Å². The topological polar surface area (TPSA) is 55.6 Å². The van der Waals surface area contributed by atoms with E-state index < -0.39 is 0 Å². The second-order valence-electron chi connectivity index (χ2n) is 3.88. The van der Waals surface area contributed by atoms with E-state index >= 15 is 0 Å². The van der Waals surface area contributed by atoms with Crippen LogP contribution in [-0.4, -0.2) is 30.1 Å². The summed E-state index contributed by atoms with van der Waals surface area (Å²) < 4.78 is 5.77. The van der Waals surface area contributed by atoms with Crippen molar-refractivity contribution in [1.82, 2.24) is 4.90 Å². The fourth-order valence-electron chi connectivity index (χ4n) is 1.84. The lowest BCUT2D eigenvalue weighted by Crippen LogP contribution is -2.44. The van der Waals surface area contributed by atoms with Gasteiger partial charge in [-0.3, -0.25) is 0 Å². The zero-order valence-electron chi connectivity index (χ0n) is 9.06. The third kappa shape index (κ3) is 2.66. The van der Waals surface area contributed by atoms with Crippen LogP contribution in [0.25, 0.3) is 0 Å². The molecule has 2 amide bonds. The summed E-state index contributed by atoms with van der Waals surface area (Å²) in [5, 5.41) is 0. The number of nitrogens with two attached hydrogens (primary N) is 1. The molecule has 0 bridgehead atoms. The Morgan fingerprint density at radius 3 is 2.81 bits per heavy atom. The van der Waals surface area contributed by atoms with Crippen LogP contribution in [0.5, 0.6) is 5.75 Å². The minimum Gasteiger partial charge on any atom is -0.490 e. The summed E-state index contributed by atoms with van der Waals surface area (Å²) in [6, 6.07) is 10.1. The van der Waals surface area contributed by atoms with Crippen molar-refractivity contribution >= 4 is 6.03 Å². The number of hydrogen-bond donors (Lipinski definition) is 1. The molecule has 0 saturated carbocycles. The third-order valence-corrected chi connectivity index (χ3v) is 2.73. The Kier molecular flexibility index (Phi) is 3.29. The van der Waals surface area contributed by atoms with Crippen molar-refractivity contribution in [3.05, 3.63) is 30.3 Å². The molecule has 16 heavy (non-hydrogen) atoms. The molecule has 85 valence electrons. The first-order valence-corrected chi connectivity index (χ1v) is 5.43. The second-order valence-corrected chi connectivity index (χ2v) is 3.88. The molecule has 0 unspecified atom stereocenters. The van der Waals surface area contributed by atoms with Gasteiger partial charge in [0.05, 0.1) is 0 Å². The molecular formula is C12H15N2O2. The summed E-state index contributed by atoms with van der Waals surface area (Å²) in [4.78, 5) is 12.6. The molecular weight excluding hydrogens is 204 g/mol. The molecule has 2 rings (SSSR count). The minimum atomic E-state index is -0.341. The molecule has 0 aliphatic carbocycles. The molecule has 1 aromatic rings. The molecule has 4 heteroatoms. The lowest BCUT2D eigenvalue weighted by atomic mass is 10.1. The van der Waals surface area contributed by atoms with Crippen LogP contribution in [0, 0.1) is 6.07 Å². The van der Waals surface area contributed by atoms with Crippen molar-refractivity contribution in [2.45, 2.75) is 18.9 Å². The molecule has 1 fully saturated rings. The van der Waals surface area contributed by atoms with Gasteiger partial charge in [-0.25, -0.2) is 4.79 Å². The fraction of sp³-hybridized carbons (Fsp3) is 0.417. The lowest BCUT2D eigenvalue weighted by Gasteiger charge is -2.30. The first-order chi connectivity index (χ1) is 7.75. The number of amides is 2. The largest absolute Gasteiger partial charge is 0.490 e. The molecule has 1 aliphatic heterocycles. The van der Waals surface area contributed by atoms with E-state index in [1.54, 1.807) is 4.90 Å². The monoisotopic (exact) mass is 219 g/mol. The Bertz CT molecular complexity index is 345. The van der Waals surface area contributed by atoms with E-state index in [0.29, 0.717) is 13.1 Å². The van der Waals surface area contributed by atoms with Gasteiger partial charge in [0.25, 0.3) is 0 Å².